The average Bonchev–Trinajstić information content (AvgIpc) is 2.27. The summed E-state index contributed by atoms with van der Waals surface area (Å²) in [5.41, 5.74) is 6.78. The fourth-order valence-electron chi connectivity index (χ4n) is 2.37. The maximum Gasteiger partial charge on any atom is 0.238 e. The van der Waals surface area contributed by atoms with Crippen LogP contribution in [0, 0.1) is 0 Å². The van der Waals surface area contributed by atoms with Crippen molar-refractivity contribution in [2.24, 2.45) is 0 Å². The number of carbonyl (C=O) groups excluding carboxylic acids is 1. The van der Waals surface area contributed by atoms with Crippen molar-refractivity contribution in [2.75, 3.05) is 14.1 Å². The Kier molecular flexibility index (Phi) is 3.79. The molecule has 0 aromatic heterocycles. The molecule has 0 aliphatic heterocycles. The topological polar surface area (TPSA) is 32.3 Å². The van der Waals surface area contributed by atoms with Crippen LogP contribution in [0.5, 0.6) is 0 Å². The van der Waals surface area contributed by atoms with Crippen LogP contribution in [0.15, 0.2) is 18.2 Å². The van der Waals surface area contributed by atoms with E-state index in [0.717, 1.165) is 5.56 Å². The molecule has 1 aliphatic rings. The second-order valence-corrected chi connectivity index (χ2v) is 4.92. The van der Waals surface area contributed by atoms with Gasteiger partial charge in [0.1, 0.15) is 0 Å². The Labute approximate surface area is 103 Å². The van der Waals surface area contributed by atoms with Gasteiger partial charge in [-0.15, -0.1) is 0 Å². The minimum absolute atomic E-state index is 0.0470. The summed E-state index contributed by atoms with van der Waals surface area (Å²) in [6.45, 7) is 0. The third kappa shape index (κ3) is 3.30. The molecule has 1 aromatic rings. The summed E-state index contributed by atoms with van der Waals surface area (Å²) < 4.78 is 0. The van der Waals surface area contributed by atoms with Gasteiger partial charge in [-0.3, -0.25) is 10.2 Å². The summed E-state index contributed by atoms with van der Waals surface area (Å²) >= 11 is 0. The molecule has 92 valence electrons. The van der Waals surface area contributed by atoms with Crippen LogP contribution in [0.2, 0.25) is 0 Å². The van der Waals surface area contributed by atoms with Crippen LogP contribution in [0.1, 0.15) is 29.5 Å². The van der Waals surface area contributed by atoms with Gasteiger partial charge in [0.05, 0.1) is 6.42 Å². The molecule has 1 aromatic carbocycles. The van der Waals surface area contributed by atoms with E-state index in [1.807, 2.05) is 14.1 Å². The summed E-state index contributed by atoms with van der Waals surface area (Å²) in [6.07, 6.45) is 5.40. The fraction of sp³-hybridized carbons (Fsp3) is 0.500. The second-order valence-electron chi connectivity index (χ2n) is 4.92. The van der Waals surface area contributed by atoms with Crippen molar-refractivity contribution in [3.8, 4) is 0 Å². The van der Waals surface area contributed by atoms with Gasteiger partial charge >= 0.3 is 0 Å². The highest BCUT2D eigenvalue weighted by molar-refractivity contribution is 5.78. The monoisotopic (exact) mass is 232 g/mol. The molecule has 0 saturated heterocycles. The third-order valence-corrected chi connectivity index (χ3v) is 3.13. The summed E-state index contributed by atoms with van der Waals surface area (Å²) in [5.74, 6) is 0.0470. The lowest BCUT2D eigenvalue weighted by atomic mass is 9.90. The number of aryl methyl sites for hydroxylation is 2. The van der Waals surface area contributed by atoms with Crippen LogP contribution in [0.25, 0.3) is 0 Å². The van der Waals surface area contributed by atoms with E-state index in [4.69, 9.17) is 0 Å². The molecule has 1 aliphatic carbocycles. The Hall–Kier alpha value is -1.35. The molecule has 0 saturated carbocycles. The van der Waals surface area contributed by atoms with E-state index in [9.17, 15) is 4.79 Å². The van der Waals surface area contributed by atoms with E-state index in [2.05, 4.69) is 23.6 Å². The van der Waals surface area contributed by atoms with Gasteiger partial charge in [-0.2, -0.15) is 0 Å². The fourth-order valence-corrected chi connectivity index (χ4v) is 2.37. The van der Waals surface area contributed by atoms with Crippen LogP contribution >= 0.6 is 0 Å². The van der Waals surface area contributed by atoms with Crippen molar-refractivity contribution < 1.29 is 4.79 Å². The van der Waals surface area contributed by atoms with Crippen molar-refractivity contribution in [2.45, 2.75) is 32.1 Å². The zero-order valence-electron chi connectivity index (χ0n) is 10.6. The molecule has 0 spiro atoms. The quantitative estimate of drug-likeness (QED) is 0.805. The number of benzene rings is 1. The van der Waals surface area contributed by atoms with Gasteiger partial charge in [-0.1, -0.05) is 18.2 Å². The van der Waals surface area contributed by atoms with Gasteiger partial charge < -0.3 is 0 Å². The average molecular weight is 232 g/mol. The maximum absolute atomic E-state index is 11.6. The SMILES string of the molecule is CN(C)NC(=O)Cc1ccc2c(c1)CCCC2. The van der Waals surface area contributed by atoms with Crippen LogP contribution in [0.4, 0.5) is 0 Å². The first kappa shape index (κ1) is 12.1. The van der Waals surface area contributed by atoms with Gasteiger partial charge in [0.15, 0.2) is 0 Å². The highest BCUT2D eigenvalue weighted by Crippen LogP contribution is 2.22. The van der Waals surface area contributed by atoms with E-state index in [1.54, 1.807) is 5.01 Å². The lowest BCUT2D eigenvalue weighted by Crippen LogP contribution is -2.37. The van der Waals surface area contributed by atoms with Crippen molar-refractivity contribution in [3.05, 3.63) is 34.9 Å². The minimum atomic E-state index is 0.0470. The number of fused-ring (bicyclic) bond motifs is 1. The summed E-state index contributed by atoms with van der Waals surface area (Å²) in [5, 5.41) is 1.68. The Morgan fingerprint density at radius 2 is 1.94 bits per heavy atom. The molecule has 17 heavy (non-hydrogen) atoms. The molecule has 0 atom stereocenters. The van der Waals surface area contributed by atoms with Crippen molar-refractivity contribution >= 4 is 5.91 Å². The van der Waals surface area contributed by atoms with Crippen molar-refractivity contribution in [1.82, 2.24) is 10.4 Å². The van der Waals surface area contributed by atoms with Crippen LogP contribution in [-0.2, 0) is 24.1 Å². The van der Waals surface area contributed by atoms with Crippen molar-refractivity contribution in [3.63, 3.8) is 0 Å². The van der Waals surface area contributed by atoms with E-state index in [-0.39, 0.29) is 5.91 Å². The largest absolute Gasteiger partial charge is 0.289 e. The Morgan fingerprint density at radius 3 is 2.65 bits per heavy atom. The smallest absolute Gasteiger partial charge is 0.238 e. The highest BCUT2D eigenvalue weighted by Gasteiger charge is 2.11. The van der Waals surface area contributed by atoms with Crippen LogP contribution in [0.3, 0.4) is 0 Å². The first-order chi connectivity index (χ1) is 8.15. The zero-order chi connectivity index (χ0) is 12.3. The van der Waals surface area contributed by atoms with E-state index >= 15 is 0 Å². The van der Waals surface area contributed by atoms with Gasteiger partial charge in [-0.05, 0) is 42.4 Å². The van der Waals surface area contributed by atoms with Gasteiger partial charge in [-0.25, -0.2) is 5.01 Å². The van der Waals surface area contributed by atoms with E-state index < -0.39 is 0 Å². The van der Waals surface area contributed by atoms with E-state index in [0.29, 0.717) is 6.42 Å². The number of hydrogen-bond donors (Lipinski definition) is 1. The number of amides is 1. The molecule has 0 heterocycles. The third-order valence-electron chi connectivity index (χ3n) is 3.13. The molecular weight excluding hydrogens is 212 g/mol. The predicted molar refractivity (Wildman–Crippen MR) is 68.6 cm³/mol. The lowest BCUT2D eigenvalue weighted by Gasteiger charge is -2.17. The number of carbonyl (C=O) groups is 1. The Balaban J connectivity index is 2.04. The standard InChI is InChI=1S/C14H20N2O/c1-16(2)15-14(17)10-11-7-8-12-5-3-4-6-13(12)9-11/h7-9H,3-6,10H2,1-2H3,(H,15,17). The molecule has 0 bridgehead atoms. The van der Waals surface area contributed by atoms with Crippen molar-refractivity contribution in [1.29, 1.82) is 0 Å². The first-order valence-corrected chi connectivity index (χ1v) is 6.22. The van der Waals surface area contributed by atoms with Crippen LogP contribution < -0.4 is 5.43 Å². The summed E-state index contributed by atoms with van der Waals surface area (Å²) in [6, 6.07) is 6.47. The zero-order valence-corrected chi connectivity index (χ0v) is 10.6. The molecule has 3 nitrogen and oxygen atoms in total. The number of nitrogens with zero attached hydrogens (tertiary/aromatic N) is 1. The molecule has 0 radical (unpaired) electrons. The van der Waals surface area contributed by atoms with Gasteiger partial charge in [0.2, 0.25) is 5.91 Å². The van der Waals surface area contributed by atoms with Gasteiger partial charge in [0.25, 0.3) is 0 Å². The summed E-state index contributed by atoms with van der Waals surface area (Å²) in [4.78, 5) is 11.6. The molecule has 1 amide bonds. The molecule has 1 N–H and O–H groups in total. The minimum Gasteiger partial charge on any atom is -0.289 e. The molecule has 0 fully saturated rings. The lowest BCUT2D eigenvalue weighted by molar-refractivity contribution is -0.124. The van der Waals surface area contributed by atoms with Crippen LogP contribution in [-0.4, -0.2) is 25.0 Å². The van der Waals surface area contributed by atoms with E-state index in [1.165, 1.54) is 36.8 Å². The predicted octanol–water partition coefficient (Wildman–Crippen LogP) is 1.70. The normalized spacial score (nSPS) is 14.5. The maximum atomic E-state index is 11.6. The first-order valence-electron chi connectivity index (χ1n) is 6.22. The molecule has 3 heteroatoms. The Morgan fingerprint density at radius 1 is 1.24 bits per heavy atom. The number of nitrogens with one attached hydrogen (secondary N) is 1. The highest BCUT2D eigenvalue weighted by atomic mass is 16.2. The molecular formula is C14H20N2O. The second kappa shape index (κ2) is 5.32. The number of hydrazine groups is 1. The number of rotatable bonds is 3. The van der Waals surface area contributed by atoms with Gasteiger partial charge in [0, 0.05) is 14.1 Å². The molecule has 0 unspecified atom stereocenters. The number of hydrogen-bond acceptors (Lipinski definition) is 2. The summed E-state index contributed by atoms with van der Waals surface area (Å²) in [7, 11) is 3.65. The Bertz CT molecular complexity index is 413. The molecule has 2 rings (SSSR count).